The summed E-state index contributed by atoms with van der Waals surface area (Å²) >= 11 is 6.21. The summed E-state index contributed by atoms with van der Waals surface area (Å²) in [5, 5.41) is 2.59. The number of halogens is 1. The molecule has 9 heteroatoms. The topological polar surface area (TPSA) is 102 Å². The van der Waals surface area contributed by atoms with Gasteiger partial charge >= 0.3 is 11.9 Å². The highest BCUT2D eigenvalue weighted by Crippen LogP contribution is 2.31. The Morgan fingerprint density at radius 1 is 0.868 bits per heavy atom. The number of hydrogen-bond donors (Lipinski definition) is 1. The third-order valence-electron chi connectivity index (χ3n) is 6.02. The van der Waals surface area contributed by atoms with Crippen molar-refractivity contribution in [3.8, 4) is 5.75 Å². The van der Waals surface area contributed by atoms with Gasteiger partial charge < -0.3 is 14.8 Å². The quantitative estimate of drug-likeness (QED) is 0.245. The van der Waals surface area contributed by atoms with E-state index in [9.17, 15) is 19.2 Å². The lowest BCUT2D eigenvalue weighted by molar-refractivity contribution is -0.120. The third kappa shape index (κ3) is 5.31. The molecule has 0 bridgehead atoms. The zero-order valence-corrected chi connectivity index (χ0v) is 22.0. The maximum atomic E-state index is 13.1. The van der Waals surface area contributed by atoms with Crippen LogP contribution in [0.4, 0.5) is 11.4 Å². The number of carbonyl (C=O) groups excluding carboxylic acids is 4. The molecule has 0 saturated carbocycles. The van der Waals surface area contributed by atoms with E-state index in [-0.39, 0.29) is 23.0 Å². The Balaban J connectivity index is 1.47. The van der Waals surface area contributed by atoms with E-state index in [1.807, 2.05) is 32.9 Å². The summed E-state index contributed by atoms with van der Waals surface area (Å²) in [4.78, 5) is 51.3. The van der Waals surface area contributed by atoms with Crippen molar-refractivity contribution in [2.24, 2.45) is 0 Å². The van der Waals surface area contributed by atoms with Gasteiger partial charge in [0.1, 0.15) is 16.5 Å². The summed E-state index contributed by atoms with van der Waals surface area (Å²) in [5.74, 6) is -1.89. The maximum absolute atomic E-state index is 13.1. The van der Waals surface area contributed by atoms with Crippen LogP contribution in [0.25, 0.3) is 0 Å². The highest BCUT2D eigenvalue weighted by Gasteiger charge is 2.39. The fraction of sp³-hybridized carbons (Fsp3) is 0.172. The second-order valence-corrected chi connectivity index (χ2v) is 9.08. The van der Waals surface area contributed by atoms with Gasteiger partial charge in [-0.25, -0.2) is 14.5 Å². The zero-order valence-electron chi connectivity index (χ0n) is 21.3. The van der Waals surface area contributed by atoms with Crippen LogP contribution in [0.5, 0.6) is 5.75 Å². The average molecular weight is 533 g/mol. The van der Waals surface area contributed by atoms with Crippen LogP contribution in [-0.2, 0) is 14.3 Å². The van der Waals surface area contributed by atoms with Gasteiger partial charge in [0, 0.05) is 5.69 Å². The standard InChI is InChI=1S/C29H25ClN2O6/c1-5-37-28(35)19-8-12-22(13-9-19)32-26(33)24(30)25(27(32)34)31-21-10-6-20(7-11-21)29(36)38-23-15-16(2)14-17(3)18(23)4/h6-15,31H,5H2,1-4H3. The van der Waals surface area contributed by atoms with Crippen molar-refractivity contribution in [3.05, 3.63) is 99.2 Å². The number of amides is 2. The molecule has 0 unspecified atom stereocenters. The largest absolute Gasteiger partial charge is 0.462 e. The molecule has 194 valence electrons. The number of aryl methyl sites for hydroxylation is 2. The molecule has 0 radical (unpaired) electrons. The zero-order chi connectivity index (χ0) is 27.6. The molecule has 1 heterocycles. The summed E-state index contributed by atoms with van der Waals surface area (Å²) < 4.78 is 10.5. The fourth-order valence-corrected chi connectivity index (χ4v) is 4.12. The lowest BCUT2D eigenvalue weighted by Crippen LogP contribution is -2.32. The first-order valence-corrected chi connectivity index (χ1v) is 12.2. The van der Waals surface area contributed by atoms with Gasteiger partial charge in [-0.05, 0) is 99.0 Å². The average Bonchev–Trinajstić information content (AvgIpc) is 3.10. The molecule has 0 aliphatic carbocycles. The van der Waals surface area contributed by atoms with Crippen LogP contribution in [0.1, 0.15) is 44.3 Å². The van der Waals surface area contributed by atoms with Crippen LogP contribution in [0, 0.1) is 20.8 Å². The Morgan fingerprint density at radius 3 is 2.11 bits per heavy atom. The molecule has 0 spiro atoms. The number of nitrogens with one attached hydrogen (secondary N) is 1. The number of rotatable bonds is 7. The third-order valence-corrected chi connectivity index (χ3v) is 6.37. The number of imide groups is 1. The molecule has 8 nitrogen and oxygen atoms in total. The van der Waals surface area contributed by atoms with Crippen molar-refractivity contribution in [2.75, 3.05) is 16.8 Å². The van der Waals surface area contributed by atoms with Gasteiger partial charge in [-0.2, -0.15) is 0 Å². The smallest absolute Gasteiger partial charge is 0.343 e. The van der Waals surface area contributed by atoms with Crippen LogP contribution < -0.4 is 15.0 Å². The van der Waals surface area contributed by atoms with E-state index in [1.165, 1.54) is 24.3 Å². The van der Waals surface area contributed by atoms with Gasteiger partial charge in [-0.3, -0.25) is 9.59 Å². The first kappa shape index (κ1) is 26.6. The van der Waals surface area contributed by atoms with Crippen LogP contribution in [0.15, 0.2) is 71.4 Å². The Labute approximate surface area is 224 Å². The van der Waals surface area contributed by atoms with E-state index < -0.39 is 23.8 Å². The summed E-state index contributed by atoms with van der Waals surface area (Å²) in [7, 11) is 0. The molecule has 4 rings (SSSR count). The normalized spacial score (nSPS) is 13.1. The van der Waals surface area contributed by atoms with Crippen molar-refractivity contribution in [3.63, 3.8) is 0 Å². The molecule has 2 amide bonds. The number of esters is 2. The van der Waals surface area contributed by atoms with Gasteiger partial charge in [0.25, 0.3) is 11.8 Å². The Bertz CT molecular complexity index is 1480. The van der Waals surface area contributed by atoms with Gasteiger partial charge in [-0.15, -0.1) is 0 Å². The molecule has 1 aliphatic rings. The second kappa shape index (κ2) is 10.9. The lowest BCUT2D eigenvalue weighted by atomic mass is 10.1. The van der Waals surface area contributed by atoms with Crippen molar-refractivity contribution < 1.29 is 28.7 Å². The minimum Gasteiger partial charge on any atom is -0.462 e. The minimum atomic E-state index is -0.702. The number of ether oxygens (including phenoxy) is 2. The first-order chi connectivity index (χ1) is 18.1. The maximum Gasteiger partial charge on any atom is 0.343 e. The molecule has 3 aromatic rings. The second-order valence-electron chi connectivity index (χ2n) is 8.70. The van der Waals surface area contributed by atoms with E-state index in [1.54, 1.807) is 31.2 Å². The highest BCUT2D eigenvalue weighted by molar-refractivity contribution is 6.53. The molecule has 0 aromatic heterocycles. The van der Waals surface area contributed by atoms with Crippen molar-refractivity contribution in [1.82, 2.24) is 0 Å². The van der Waals surface area contributed by atoms with E-state index in [0.717, 1.165) is 21.6 Å². The van der Waals surface area contributed by atoms with E-state index >= 15 is 0 Å². The highest BCUT2D eigenvalue weighted by atomic mass is 35.5. The molecule has 1 aliphatic heterocycles. The van der Waals surface area contributed by atoms with Gasteiger partial charge in [-0.1, -0.05) is 17.7 Å². The van der Waals surface area contributed by atoms with Crippen molar-refractivity contribution in [1.29, 1.82) is 0 Å². The Kier molecular flexibility index (Phi) is 7.64. The molecule has 0 fully saturated rings. The van der Waals surface area contributed by atoms with E-state index in [2.05, 4.69) is 5.32 Å². The molecular weight excluding hydrogens is 508 g/mol. The molecule has 1 N–H and O–H groups in total. The SMILES string of the molecule is CCOC(=O)c1ccc(N2C(=O)C(Cl)=C(Nc3ccc(C(=O)Oc4cc(C)cc(C)c4C)cc3)C2=O)cc1. The summed E-state index contributed by atoms with van der Waals surface area (Å²) in [5.41, 5.74) is 4.09. The van der Waals surface area contributed by atoms with Gasteiger partial charge in [0.15, 0.2) is 0 Å². The van der Waals surface area contributed by atoms with Crippen molar-refractivity contribution >= 4 is 46.7 Å². The Morgan fingerprint density at radius 2 is 1.47 bits per heavy atom. The molecular formula is C29H25ClN2O6. The van der Waals surface area contributed by atoms with Crippen molar-refractivity contribution in [2.45, 2.75) is 27.7 Å². The monoisotopic (exact) mass is 532 g/mol. The predicted molar refractivity (Wildman–Crippen MR) is 143 cm³/mol. The number of carbonyl (C=O) groups is 4. The lowest BCUT2D eigenvalue weighted by Gasteiger charge is -2.15. The van der Waals surface area contributed by atoms with Crippen LogP contribution in [-0.4, -0.2) is 30.4 Å². The number of anilines is 2. The Hall–Kier alpha value is -4.43. The van der Waals surface area contributed by atoms with Gasteiger partial charge in [0.05, 0.1) is 23.4 Å². The minimum absolute atomic E-state index is 0.104. The van der Waals surface area contributed by atoms with E-state index in [4.69, 9.17) is 21.1 Å². The number of benzene rings is 3. The first-order valence-electron chi connectivity index (χ1n) is 11.8. The summed E-state index contributed by atoms with van der Waals surface area (Å²) in [6.07, 6.45) is 0. The van der Waals surface area contributed by atoms with Crippen LogP contribution in [0.2, 0.25) is 0 Å². The number of hydrogen-bond acceptors (Lipinski definition) is 7. The predicted octanol–water partition coefficient (Wildman–Crippen LogP) is 5.44. The molecule has 38 heavy (non-hydrogen) atoms. The van der Waals surface area contributed by atoms with Crippen LogP contribution >= 0.6 is 11.6 Å². The summed E-state index contributed by atoms with van der Waals surface area (Å²) in [6.45, 7) is 7.70. The van der Waals surface area contributed by atoms with Gasteiger partial charge in [0.2, 0.25) is 0 Å². The fourth-order valence-electron chi connectivity index (χ4n) is 3.91. The molecule has 3 aromatic carbocycles. The molecule has 0 atom stereocenters. The molecule has 0 saturated heterocycles. The van der Waals surface area contributed by atoms with E-state index in [0.29, 0.717) is 22.6 Å². The number of nitrogens with zero attached hydrogens (tertiary/aromatic N) is 1. The van der Waals surface area contributed by atoms with Crippen LogP contribution in [0.3, 0.4) is 0 Å². The summed E-state index contributed by atoms with van der Waals surface area (Å²) in [6, 6.07) is 15.9.